The molecule has 0 radical (unpaired) electrons. The highest BCUT2D eigenvalue weighted by atomic mass is 15.4. The minimum absolute atomic E-state index is 0.517. The highest BCUT2D eigenvalue weighted by Crippen LogP contribution is 2.01. The van der Waals surface area contributed by atoms with Gasteiger partial charge < -0.3 is 5.73 Å². The molecular weight excluding hydrogens is 180 g/mol. The Morgan fingerprint density at radius 1 is 1.43 bits per heavy atom. The summed E-state index contributed by atoms with van der Waals surface area (Å²) in [6, 6.07) is 1.75. The normalized spacial score (nSPS) is 10.7. The van der Waals surface area contributed by atoms with Gasteiger partial charge in [0, 0.05) is 13.2 Å². The summed E-state index contributed by atoms with van der Waals surface area (Å²) in [5.74, 6) is 2.15. The van der Waals surface area contributed by atoms with Gasteiger partial charge in [-0.2, -0.15) is 10.2 Å². The van der Waals surface area contributed by atoms with Crippen molar-refractivity contribution in [3.8, 4) is 0 Å². The van der Waals surface area contributed by atoms with E-state index in [1.807, 2.05) is 20.2 Å². The van der Waals surface area contributed by atoms with Crippen molar-refractivity contribution in [3.63, 3.8) is 0 Å². The Hall–Kier alpha value is -1.85. The van der Waals surface area contributed by atoms with Crippen molar-refractivity contribution in [3.05, 3.63) is 23.9 Å². The molecule has 2 rings (SSSR count). The van der Waals surface area contributed by atoms with Gasteiger partial charge in [0.2, 0.25) is 0 Å². The topological polar surface area (TPSA) is 74.6 Å². The lowest BCUT2D eigenvalue weighted by Crippen LogP contribution is -2.07. The van der Waals surface area contributed by atoms with Crippen molar-refractivity contribution in [1.29, 1.82) is 0 Å². The van der Waals surface area contributed by atoms with Gasteiger partial charge in [-0.05, 0) is 13.0 Å². The van der Waals surface area contributed by atoms with Crippen LogP contribution in [0, 0.1) is 6.92 Å². The molecule has 0 fully saturated rings. The highest BCUT2D eigenvalue weighted by Gasteiger charge is 2.04. The number of nitrogens with two attached hydrogens (primary N) is 1. The molecule has 0 saturated heterocycles. The van der Waals surface area contributed by atoms with Crippen molar-refractivity contribution in [2.24, 2.45) is 7.05 Å². The van der Waals surface area contributed by atoms with Crippen LogP contribution in [0.3, 0.4) is 0 Å². The Balaban J connectivity index is 2.22. The first-order chi connectivity index (χ1) is 6.65. The second-order valence-corrected chi connectivity index (χ2v) is 3.14. The monoisotopic (exact) mass is 192 g/mol. The maximum absolute atomic E-state index is 5.50. The lowest BCUT2D eigenvalue weighted by molar-refractivity contribution is 0.609. The van der Waals surface area contributed by atoms with Crippen LogP contribution in [0.15, 0.2) is 12.3 Å². The van der Waals surface area contributed by atoms with Crippen LogP contribution in [0.4, 0.5) is 5.82 Å². The van der Waals surface area contributed by atoms with Gasteiger partial charge in [-0.1, -0.05) is 0 Å². The highest BCUT2D eigenvalue weighted by molar-refractivity contribution is 5.23. The molecule has 74 valence electrons. The SMILES string of the molecule is Cc1nc(Cn2ccc(N)n2)n(C)n1. The summed E-state index contributed by atoms with van der Waals surface area (Å²) < 4.78 is 3.48. The maximum Gasteiger partial charge on any atom is 0.148 e. The van der Waals surface area contributed by atoms with Crippen molar-refractivity contribution < 1.29 is 0 Å². The molecule has 0 atom stereocenters. The third-order valence-electron chi connectivity index (χ3n) is 1.92. The molecule has 0 bridgehead atoms. The van der Waals surface area contributed by atoms with E-state index in [-0.39, 0.29) is 0 Å². The van der Waals surface area contributed by atoms with E-state index in [0.29, 0.717) is 12.4 Å². The van der Waals surface area contributed by atoms with Gasteiger partial charge in [0.1, 0.15) is 24.0 Å². The minimum atomic E-state index is 0.517. The van der Waals surface area contributed by atoms with E-state index in [1.165, 1.54) is 0 Å². The Morgan fingerprint density at radius 3 is 2.71 bits per heavy atom. The molecule has 2 aromatic heterocycles. The number of hydrogen-bond acceptors (Lipinski definition) is 4. The smallest absolute Gasteiger partial charge is 0.148 e. The first kappa shape index (κ1) is 8.74. The molecule has 14 heavy (non-hydrogen) atoms. The van der Waals surface area contributed by atoms with E-state index in [4.69, 9.17) is 5.73 Å². The van der Waals surface area contributed by atoms with Crippen molar-refractivity contribution in [2.45, 2.75) is 13.5 Å². The van der Waals surface area contributed by atoms with Crippen LogP contribution in [0.2, 0.25) is 0 Å². The number of hydrogen-bond donors (Lipinski definition) is 1. The fourth-order valence-electron chi connectivity index (χ4n) is 1.30. The third kappa shape index (κ3) is 1.59. The molecule has 0 spiro atoms. The first-order valence-electron chi connectivity index (χ1n) is 4.30. The third-order valence-corrected chi connectivity index (χ3v) is 1.92. The average molecular weight is 192 g/mol. The largest absolute Gasteiger partial charge is 0.382 e. The molecule has 6 nitrogen and oxygen atoms in total. The lowest BCUT2D eigenvalue weighted by Gasteiger charge is -1.99. The fourth-order valence-corrected chi connectivity index (χ4v) is 1.30. The minimum Gasteiger partial charge on any atom is -0.382 e. The number of rotatable bonds is 2. The number of aryl methyl sites for hydroxylation is 2. The summed E-state index contributed by atoms with van der Waals surface area (Å²) in [6.45, 7) is 2.45. The van der Waals surface area contributed by atoms with E-state index < -0.39 is 0 Å². The van der Waals surface area contributed by atoms with Gasteiger partial charge in [0.25, 0.3) is 0 Å². The number of nitrogens with zero attached hydrogens (tertiary/aromatic N) is 5. The lowest BCUT2D eigenvalue weighted by atomic mass is 10.6. The zero-order valence-corrected chi connectivity index (χ0v) is 8.18. The van der Waals surface area contributed by atoms with Crippen LogP contribution in [0.5, 0.6) is 0 Å². The zero-order valence-electron chi connectivity index (χ0n) is 8.18. The van der Waals surface area contributed by atoms with Gasteiger partial charge in [-0.15, -0.1) is 0 Å². The van der Waals surface area contributed by atoms with Crippen molar-refractivity contribution >= 4 is 5.82 Å². The number of aromatic nitrogens is 5. The van der Waals surface area contributed by atoms with Crippen LogP contribution < -0.4 is 5.73 Å². The molecule has 0 aliphatic carbocycles. The molecule has 0 saturated carbocycles. The molecule has 0 aromatic carbocycles. The predicted octanol–water partition coefficient (Wildman–Crippen LogP) is -0.0495. The summed E-state index contributed by atoms with van der Waals surface area (Å²) in [5, 5.41) is 8.22. The summed E-state index contributed by atoms with van der Waals surface area (Å²) in [6.07, 6.45) is 1.82. The molecule has 0 unspecified atom stereocenters. The number of nitrogen functional groups attached to an aromatic ring is 1. The Kier molecular flexibility index (Phi) is 1.95. The van der Waals surface area contributed by atoms with E-state index in [2.05, 4.69) is 15.2 Å². The maximum atomic E-state index is 5.50. The van der Waals surface area contributed by atoms with Crippen LogP contribution in [-0.4, -0.2) is 24.5 Å². The molecular formula is C8H12N6. The predicted molar refractivity (Wildman–Crippen MR) is 51.5 cm³/mol. The molecule has 0 aliphatic rings. The number of anilines is 1. The van der Waals surface area contributed by atoms with Crippen molar-refractivity contribution in [2.75, 3.05) is 5.73 Å². The van der Waals surface area contributed by atoms with Crippen LogP contribution in [0.25, 0.3) is 0 Å². The molecule has 0 amide bonds. The van der Waals surface area contributed by atoms with Crippen LogP contribution >= 0.6 is 0 Å². The quantitative estimate of drug-likeness (QED) is 0.724. The van der Waals surface area contributed by atoms with E-state index >= 15 is 0 Å². The molecule has 2 aromatic rings. The van der Waals surface area contributed by atoms with Crippen molar-refractivity contribution in [1.82, 2.24) is 24.5 Å². The van der Waals surface area contributed by atoms with Crippen LogP contribution in [-0.2, 0) is 13.6 Å². The summed E-state index contributed by atoms with van der Waals surface area (Å²) in [5.41, 5.74) is 5.50. The Morgan fingerprint density at radius 2 is 2.21 bits per heavy atom. The van der Waals surface area contributed by atoms with Gasteiger partial charge >= 0.3 is 0 Å². The average Bonchev–Trinajstić information content (AvgIpc) is 2.61. The molecule has 0 aliphatic heterocycles. The Labute approximate surface area is 81.4 Å². The second kappa shape index (κ2) is 3.13. The molecule has 2 heterocycles. The van der Waals surface area contributed by atoms with Gasteiger partial charge in [0.15, 0.2) is 0 Å². The zero-order chi connectivity index (χ0) is 10.1. The summed E-state index contributed by atoms with van der Waals surface area (Å²) in [7, 11) is 1.86. The van der Waals surface area contributed by atoms with Gasteiger partial charge in [-0.25, -0.2) is 4.98 Å². The molecule has 2 N–H and O–H groups in total. The fraction of sp³-hybridized carbons (Fsp3) is 0.375. The summed E-state index contributed by atoms with van der Waals surface area (Å²) >= 11 is 0. The van der Waals surface area contributed by atoms with E-state index in [1.54, 1.807) is 15.4 Å². The van der Waals surface area contributed by atoms with Crippen LogP contribution in [0.1, 0.15) is 11.6 Å². The van der Waals surface area contributed by atoms with Gasteiger partial charge in [0.05, 0.1) is 0 Å². The standard InChI is InChI=1S/C8H12N6/c1-6-10-8(13(2)11-6)5-14-4-3-7(9)12-14/h3-4H,5H2,1-2H3,(H2,9,12). The summed E-state index contributed by atoms with van der Waals surface area (Å²) in [4.78, 5) is 4.26. The Bertz CT molecular complexity index is 440. The molecule has 6 heteroatoms. The van der Waals surface area contributed by atoms with Gasteiger partial charge in [-0.3, -0.25) is 9.36 Å². The van der Waals surface area contributed by atoms with E-state index in [0.717, 1.165) is 11.6 Å². The van der Waals surface area contributed by atoms with E-state index in [9.17, 15) is 0 Å². The second-order valence-electron chi connectivity index (χ2n) is 3.14. The first-order valence-corrected chi connectivity index (χ1v) is 4.30.